The molecule has 8 nitrogen and oxygen atoms in total. The average Bonchev–Trinajstić information content (AvgIpc) is 3.21. The molecule has 4 N–H and O–H groups in total. The minimum absolute atomic E-state index is 0.0468. The lowest BCUT2D eigenvalue weighted by Gasteiger charge is -2.14. The minimum atomic E-state index is -0.545. The van der Waals surface area contributed by atoms with Gasteiger partial charge >= 0.3 is 0 Å². The Hall–Kier alpha value is -3.87. The van der Waals surface area contributed by atoms with Crippen molar-refractivity contribution in [3.8, 4) is 6.07 Å². The second-order valence-corrected chi connectivity index (χ2v) is 8.53. The van der Waals surface area contributed by atoms with Crippen LogP contribution in [-0.4, -0.2) is 20.4 Å². The molecule has 0 fully saturated rings. The molecule has 0 atom stereocenters. The maximum absolute atomic E-state index is 13.6. The van der Waals surface area contributed by atoms with Crippen molar-refractivity contribution >= 4 is 57.1 Å². The third kappa shape index (κ3) is 5.29. The van der Waals surface area contributed by atoms with Crippen molar-refractivity contribution in [2.75, 3.05) is 10.6 Å². The highest BCUT2D eigenvalue weighted by molar-refractivity contribution is 6.36. The Morgan fingerprint density at radius 2 is 2.00 bits per heavy atom. The van der Waals surface area contributed by atoms with Crippen LogP contribution < -0.4 is 16.4 Å². The number of halogens is 3. The van der Waals surface area contributed by atoms with Crippen LogP contribution >= 0.6 is 23.2 Å². The van der Waals surface area contributed by atoms with Gasteiger partial charge in [-0.1, -0.05) is 30.1 Å². The van der Waals surface area contributed by atoms with Crippen molar-refractivity contribution in [2.24, 2.45) is 5.73 Å². The van der Waals surface area contributed by atoms with Crippen LogP contribution in [0.1, 0.15) is 24.0 Å². The largest absolute Gasteiger partial charge is 0.379 e. The number of rotatable bonds is 8. The van der Waals surface area contributed by atoms with Crippen LogP contribution in [0.5, 0.6) is 0 Å². The number of primary amides is 1. The number of imidazole rings is 1. The fourth-order valence-electron chi connectivity index (χ4n) is 3.68. The van der Waals surface area contributed by atoms with E-state index in [1.165, 1.54) is 24.4 Å². The molecule has 0 saturated carbocycles. The number of anilines is 3. The van der Waals surface area contributed by atoms with Crippen LogP contribution in [0.2, 0.25) is 10.0 Å². The molecule has 4 aromatic rings. The topological polar surface area (TPSA) is 122 Å². The maximum Gasteiger partial charge on any atom is 0.237 e. The second kappa shape index (κ2) is 10.2. The number of carbonyl (C=O) groups is 1. The molecule has 4 rings (SSSR count). The fraction of sp³-hybridized carbons (Fsp3) is 0.167. The second-order valence-electron chi connectivity index (χ2n) is 7.72. The molecule has 0 aliphatic heterocycles. The van der Waals surface area contributed by atoms with E-state index >= 15 is 0 Å². The summed E-state index contributed by atoms with van der Waals surface area (Å²) in [6, 6.07) is 9.84. The third-order valence-electron chi connectivity index (χ3n) is 5.26. The van der Waals surface area contributed by atoms with Crippen molar-refractivity contribution in [1.82, 2.24) is 14.5 Å². The number of amides is 1. The van der Waals surface area contributed by atoms with Crippen molar-refractivity contribution in [3.63, 3.8) is 0 Å². The van der Waals surface area contributed by atoms with Gasteiger partial charge in [0.2, 0.25) is 5.91 Å². The molecule has 178 valence electrons. The Bertz CT molecular complexity index is 1480. The Morgan fingerprint density at radius 3 is 2.69 bits per heavy atom. The van der Waals surface area contributed by atoms with Gasteiger partial charge in [0.25, 0.3) is 0 Å². The Labute approximate surface area is 210 Å². The summed E-state index contributed by atoms with van der Waals surface area (Å²) < 4.78 is 15.3. The van der Waals surface area contributed by atoms with Crippen LogP contribution in [0.15, 0.2) is 42.7 Å². The lowest BCUT2D eigenvalue weighted by molar-refractivity contribution is -0.118. The lowest BCUT2D eigenvalue weighted by Crippen LogP contribution is -2.19. The molecular weight excluding hydrogens is 492 g/mol. The monoisotopic (exact) mass is 511 g/mol. The predicted molar refractivity (Wildman–Crippen MR) is 134 cm³/mol. The number of carbonyl (C=O) groups excluding carboxylic acids is 1. The molecule has 2 aromatic heterocycles. The van der Waals surface area contributed by atoms with Gasteiger partial charge in [0.05, 0.1) is 39.1 Å². The maximum atomic E-state index is 13.6. The van der Waals surface area contributed by atoms with Crippen LogP contribution in [0.25, 0.3) is 10.9 Å². The van der Waals surface area contributed by atoms with Gasteiger partial charge in [-0.2, -0.15) is 5.26 Å². The third-order valence-corrected chi connectivity index (χ3v) is 5.84. The first-order valence-corrected chi connectivity index (χ1v) is 11.4. The number of pyridine rings is 1. The van der Waals surface area contributed by atoms with Gasteiger partial charge in [-0.15, -0.1) is 0 Å². The number of benzene rings is 2. The van der Waals surface area contributed by atoms with E-state index in [0.29, 0.717) is 46.0 Å². The molecule has 0 saturated heterocycles. The fourth-order valence-corrected chi connectivity index (χ4v) is 4.13. The van der Waals surface area contributed by atoms with E-state index in [2.05, 4.69) is 26.7 Å². The normalized spacial score (nSPS) is 10.8. The summed E-state index contributed by atoms with van der Waals surface area (Å²) >= 11 is 12.4. The zero-order valence-corrected chi connectivity index (χ0v) is 20.1. The van der Waals surface area contributed by atoms with Gasteiger partial charge in [-0.3, -0.25) is 9.78 Å². The van der Waals surface area contributed by atoms with Gasteiger partial charge in [-0.05, 0) is 30.3 Å². The van der Waals surface area contributed by atoms with Crippen molar-refractivity contribution in [2.45, 2.75) is 26.4 Å². The van der Waals surface area contributed by atoms with Gasteiger partial charge in [0.15, 0.2) is 0 Å². The highest BCUT2D eigenvalue weighted by Crippen LogP contribution is 2.35. The molecule has 0 spiro atoms. The number of nitrogens with zero attached hydrogens (tertiary/aromatic N) is 4. The molecule has 35 heavy (non-hydrogen) atoms. The van der Waals surface area contributed by atoms with Crippen molar-refractivity contribution in [1.29, 1.82) is 5.26 Å². The minimum Gasteiger partial charge on any atom is -0.379 e. The average molecular weight is 512 g/mol. The highest BCUT2D eigenvalue weighted by atomic mass is 35.5. The number of aryl methyl sites for hydroxylation is 1. The SMILES string of the molecule is CCc1nc(CNc2cc(Cl)c3ncc(C#N)c(Nc4ccc(F)c(Cl)c4)c3c2)cn1CC(N)=O. The van der Waals surface area contributed by atoms with E-state index in [1.807, 2.05) is 13.0 Å². The number of nitrogens with two attached hydrogens (primary N) is 1. The molecule has 0 bridgehead atoms. The first-order chi connectivity index (χ1) is 16.8. The molecule has 11 heteroatoms. The molecule has 0 unspecified atom stereocenters. The summed E-state index contributed by atoms with van der Waals surface area (Å²) in [6.07, 6.45) is 3.85. The Balaban J connectivity index is 1.68. The zero-order valence-electron chi connectivity index (χ0n) is 18.6. The van der Waals surface area contributed by atoms with E-state index in [9.17, 15) is 14.4 Å². The molecule has 0 radical (unpaired) electrons. The van der Waals surface area contributed by atoms with Crippen LogP contribution in [-0.2, 0) is 24.3 Å². The van der Waals surface area contributed by atoms with E-state index < -0.39 is 11.7 Å². The summed E-state index contributed by atoms with van der Waals surface area (Å²) in [7, 11) is 0. The van der Waals surface area contributed by atoms with Crippen LogP contribution in [0, 0.1) is 17.1 Å². The number of nitriles is 1. The molecular formula is C24H20Cl2FN7O. The van der Waals surface area contributed by atoms with E-state index in [0.717, 1.165) is 11.5 Å². The standard InChI is InChI=1S/C24H20Cl2FN7O/c1-2-22-32-16(11-34(22)12-21(29)35)10-30-15-5-17-23(33-14-3-4-20(27)18(25)6-14)13(8-28)9-31-24(17)19(26)7-15/h3-7,9,11,30H,2,10,12H2,1H3,(H2,29,35)(H,31,33). The van der Waals surface area contributed by atoms with Crippen molar-refractivity contribution < 1.29 is 9.18 Å². The van der Waals surface area contributed by atoms with E-state index in [-0.39, 0.29) is 17.1 Å². The zero-order chi connectivity index (χ0) is 25.1. The summed E-state index contributed by atoms with van der Waals surface area (Å²) in [6.45, 7) is 2.37. The lowest BCUT2D eigenvalue weighted by atomic mass is 10.1. The number of nitrogens with one attached hydrogen (secondary N) is 2. The smallest absolute Gasteiger partial charge is 0.237 e. The van der Waals surface area contributed by atoms with E-state index in [1.54, 1.807) is 16.8 Å². The predicted octanol–water partition coefficient (Wildman–Crippen LogP) is 5.15. The van der Waals surface area contributed by atoms with Gasteiger partial charge in [0.1, 0.15) is 24.3 Å². The first kappa shape index (κ1) is 24.3. The molecule has 2 heterocycles. The molecule has 0 aliphatic rings. The number of hydrogen-bond donors (Lipinski definition) is 3. The quantitative estimate of drug-likeness (QED) is 0.300. The summed E-state index contributed by atoms with van der Waals surface area (Å²) in [5, 5.41) is 17.0. The summed E-state index contributed by atoms with van der Waals surface area (Å²) in [4.78, 5) is 20.2. The van der Waals surface area contributed by atoms with Gasteiger partial charge < -0.3 is 20.9 Å². The molecule has 2 aromatic carbocycles. The van der Waals surface area contributed by atoms with Gasteiger partial charge in [0, 0.05) is 35.6 Å². The molecule has 0 aliphatic carbocycles. The van der Waals surface area contributed by atoms with Gasteiger partial charge in [-0.25, -0.2) is 9.37 Å². The Morgan fingerprint density at radius 1 is 1.23 bits per heavy atom. The van der Waals surface area contributed by atoms with E-state index in [4.69, 9.17) is 28.9 Å². The van der Waals surface area contributed by atoms with Crippen LogP contribution in [0.4, 0.5) is 21.5 Å². The summed E-state index contributed by atoms with van der Waals surface area (Å²) in [5.41, 5.74) is 8.45. The number of fused-ring (bicyclic) bond motifs is 1. The van der Waals surface area contributed by atoms with Crippen molar-refractivity contribution in [3.05, 3.63) is 75.7 Å². The van der Waals surface area contributed by atoms with Crippen LogP contribution in [0.3, 0.4) is 0 Å². The highest BCUT2D eigenvalue weighted by Gasteiger charge is 2.15. The summed E-state index contributed by atoms with van der Waals surface area (Å²) in [5.74, 6) is -0.234. The number of hydrogen-bond acceptors (Lipinski definition) is 6. The Kier molecular flexibility index (Phi) is 7.05. The first-order valence-electron chi connectivity index (χ1n) is 10.6. The molecule has 1 amide bonds. The number of aromatic nitrogens is 3.